The van der Waals surface area contributed by atoms with Gasteiger partial charge in [0.1, 0.15) is 0 Å². The second-order valence-electron chi connectivity index (χ2n) is 2.06. The SMILES string of the molecule is CCOC(=O)CC(F)C(O)(F)F. The van der Waals surface area contributed by atoms with E-state index in [2.05, 4.69) is 4.74 Å². The van der Waals surface area contributed by atoms with Crippen LogP contribution in [0.4, 0.5) is 13.2 Å². The number of hydrogen-bond acceptors (Lipinski definition) is 3. The summed E-state index contributed by atoms with van der Waals surface area (Å²) < 4.78 is 39.7. The maximum atomic E-state index is 12.2. The molecular weight excluding hydrogens is 177 g/mol. The Morgan fingerprint density at radius 1 is 1.67 bits per heavy atom. The predicted octanol–water partition coefficient (Wildman–Crippen LogP) is 0.863. The van der Waals surface area contributed by atoms with Crippen molar-refractivity contribution in [3.63, 3.8) is 0 Å². The lowest BCUT2D eigenvalue weighted by molar-refractivity contribution is -0.242. The van der Waals surface area contributed by atoms with Gasteiger partial charge in [-0.15, -0.1) is 0 Å². The van der Waals surface area contributed by atoms with Crippen molar-refractivity contribution in [2.24, 2.45) is 0 Å². The fourth-order valence-electron chi connectivity index (χ4n) is 0.489. The Balaban J connectivity index is 3.84. The molecule has 12 heavy (non-hydrogen) atoms. The molecule has 0 amide bonds. The molecule has 0 aromatic carbocycles. The van der Waals surface area contributed by atoms with Gasteiger partial charge in [-0.3, -0.25) is 4.79 Å². The zero-order valence-electron chi connectivity index (χ0n) is 6.39. The number of hydrogen-bond donors (Lipinski definition) is 1. The number of halogens is 3. The van der Waals surface area contributed by atoms with E-state index in [4.69, 9.17) is 5.11 Å². The maximum absolute atomic E-state index is 12.2. The van der Waals surface area contributed by atoms with Gasteiger partial charge in [0.15, 0.2) is 0 Å². The minimum atomic E-state index is -4.48. The second kappa shape index (κ2) is 4.30. The third-order valence-electron chi connectivity index (χ3n) is 1.03. The Hall–Kier alpha value is -0.780. The topological polar surface area (TPSA) is 46.5 Å². The van der Waals surface area contributed by atoms with Crippen molar-refractivity contribution in [1.29, 1.82) is 0 Å². The van der Waals surface area contributed by atoms with E-state index in [1.165, 1.54) is 6.92 Å². The van der Waals surface area contributed by atoms with Crippen LogP contribution in [0.3, 0.4) is 0 Å². The van der Waals surface area contributed by atoms with Crippen LogP contribution in [-0.2, 0) is 9.53 Å². The number of esters is 1. The molecule has 3 nitrogen and oxygen atoms in total. The summed E-state index contributed by atoms with van der Waals surface area (Å²) in [5.74, 6) is -1.10. The number of rotatable bonds is 4. The first-order valence-corrected chi connectivity index (χ1v) is 3.27. The average molecular weight is 186 g/mol. The third-order valence-corrected chi connectivity index (χ3v) is 1.03. The summed E-state index contributed by atoms with van der Waals surface area (Å²) >= 11 is 0. The molecule has 1 atom stereocenters. The molecule has 72 valence electrons. The van der Waals surface area contributed by atoms with Crippen LogP contribution in [0.1, 0.15) is 13.3 Å². The summed E-state index contributed by atoms with van der Waals surface area (Å²) in [5.41, 5.74) is 0. The van der Waals surface area contributed by atoms with E-state index in [-0.39, 0.29) is 6.61 Å². The van der Waals surface area contributed by atoms with Crippen molar-refractivity contribution in [1.82, 2.24) is 0 Å². The fraction of sp³-hybridized carbons (Fsp3) is 0.833. The first kappa shape index (κ1) is 11.2. The highest BCUT2D eigenvalue weighted by molar-refractivity contribution is 5.70. The summed E-state index contributed by atoms with van der Waals surface area (Å²) in [7, 11) is 0. The average Bonchev–Trinajstić information content (AvgIpc) is 1.85. The van der Waals surface area contributed by atoms with E-state index < -0.39 is 24.7 Å². The molecule has 0 aliphatic heterocycles. The van der Waals surface area contributed by atoms with Crippen LogP contribution in [0.15, 0.2) is 0 Å². The highest BCUT2D eigenvalue weighted by atomic mass is 19.3. The summed E-state index contributed by atoms with van der Waals surface area (Å²) in [4.78, 5) is 10.4. The van der Waals surface area contributed by atoms with Crippen LogP contribution in [-0.4, -0.2) is 30.0 Å². The van der Waals surface area contributed by atoms with E-state index in [0.717, 1.165) is 0 Å². The van der Waals surface area contributed by atoms with Crippen LogP contribution in [0.25, 0.3) is 0 Å². The monoisotopic (exact) mass is 186 g/mol. The normalized spacial score (nSPS) is 14.1. The zero-order chi connectivity index (χ0) is 9.78. The first-order chi connectivity index (χ1) is 5.38. The van der Waals surface area contributed by atoms with Crippen LogP contribution in [0, 0.1) is 0 Å². The smallest absolute Gasteiger partial charge is 0.385 e. The Kier molecular flexibility index (Phi) is 4.02. The molecule has 0 rings (SSSR count). The lowest BCUT2D eigenvalue weighted by atomic mass is 10.2. The number of carbonyl (C=O) groups is 1. The molecular formula is C6H9F3O3. The lowest BCUT2D eigenvalue weighted by Crippen LogP contribution is -2.31. The molecule has 1 unspecified atom stereocenters. The van der Waals surface area contributed by atoms with E-state index in [1.54, 1.807) is 0 Å². The standard InChI is InChI=1S/C6H9F3O3/c1-2-12-5(10)3-4(7)6(8,9)11/h4,11H,2-3H2,1H3. The van der Waals surface area contributed by atoms with E-state index in [9.17, 15) is 18.0 Å². The van der Waals surface area contributed by atoms with Crippen molar-refractivity contribution in [2.75, 3.05) is 6.61 Å². The second-order valence-corrected chi connectivity index (χ2v) is 2.06. The number of alkyl halides is 3. The molecule has 0 aromatic heterocycles. The number of aliphatic hydroxyl groups is 1. The van der Waals surface area contributed by atoms with Gasteiger partial charge in [0.25, 0.3) is 0 Å². The van der Waals surface area contributed by atoms with Gasteiger partial charge in [-0.25, -0.2) is 4.39 Å². The maximum Gasteiger partial charge on any atom is 0.385 e. The first-order valence-electron chi connectivity index (χ1n) is 3.27. The molecule has 0 aliphatic rings. The summed E-state index contributed by atoms with van der Waals surface area (Å²) in [5, 5.41) is 7.79. The molecule has 0 heterocycles. The minimum Gasteiger partial charge on any atom is -0.466 e. The minimum absolute atomic E-state index is 0.0114. The van der Waals surface area contributed by atoms with Crippen LogP contribution in [0.5, 0.6) is 0 Å². The van der Waals surface area contributed by atoms with Crippen molar-refractivity contribution < 1.29 is 27.8 Å². The van der Waals surface area contributed by atoms with E-state index in [1.807, 2.05) is 0 Å². The van der Waals surface area contributed by atoms with Crippen molar-refractivity contribution in [2.45, 2.75) is 25.6 Å². The van der Waals surface area contributed by atoms with Gasteiger partial charge in [0.2, 0.25) is 6.17 Å². The molecule has 0 bridgehead atoms. The summed E-state index contributed by atoms with van der Waals surface area (Å²) in [6.45, 7) is 1.45. The molecule has 6 heteroatoms. The molecule has 0 saturated heterocycles. The molecule has 1 N–H and O–H groups in total. The highest BCUT2D eigenvalue weighted by Crippen LogP contribution is 2.20. The number of ether oxygens (including phenoxy) is 1. The largest absolute Gasteiger partial charge is 0.466 e. The van der Waals surface area contributed by atoms with Gasteiger partial charge < -0.3 is 9.84 Å². The quantitative estimate of drug-likeness (QED) is 0.662. The molecule has 0 aliphatic carbocycles. The van der Waals surface area contributed by atoms with Gasteiger partial charge in [-0.2, -0.15) is 8.78 Å². The Morgan fingerprint density at radius 3 is 2.50 bits per heavy atom. The summed E-state index contributed by atoms with van der Waals surface area (Å²) in [6.07, 6.45) is -8.53. The van der Waals surface area contributed by atoms with Gasteiger partial charge in [-0.1, -0.05) is 0 Å². The predicted molar refractivity (Wildman–Crippen MR) is 33.3 cm³/mol. The van der Waals surface area contributed by atoms with Gasteiger partial charge >= 0.3 is 12.1 Å². The van der Waals surface area contributed by atoms with Gasteiger partial charge in [-0.05, 0) is 6.92 Å². The highest BCUT2D eigenvalue weighted by Gasteiger charge is 2.39. The van der Waals surface area contributed by atoms with Crippen LogP contribution in [0.2, 0.25) is 0 Å². The number of carbonyl (C=O) groups excluding carboxylic acids is 1. The van der Waals surface area contributed by atoms with Crippen molar-refractivity contribution in [3.8, 4) is 0 Å². The Morgan fingerprint density at radius 2 is 2.17 bits per heavy atom. The molecule has 0 saturated carbocycles. The van der Waals surface area contributed by atoms with E-state index in [0.29, 0.717) is 0 Å². The molecule has 0 fully saturated rings. The van der Waals surface area contributed by atoms with Crippen LogP contribution < -0.4 is 0 Å². The van der Waals surface area contributed by atoms with Gasteiger partial charge in [0.05, 0.1) is 13.0 Å². The zero-order valence-corrected chi connectivity index (χ0v) is 6.39. The van der Waals surface area contributed by atoms with Crippen molar-refractivity contribution >= 4 is 5.97 Å². The van der Waals surface area contributed by atoms with Gasteiger partial charge in [0, 0.05) is 0 Å². The molecule has 0 spiro atoms. The fourth-order valence-corrected chi connectivity index (χ4v) is 0.489. The van der Waals surface area contributed by atoms with Crippen molar-refractivity contribution in [3.05, 3.63) is 0 Å². The molecule has 0 radical (unpaired) electrons. The Labute approximate surface area is 67.1 Å². The Bertz CT molecular complexity index is 155. The molecule has 0 aromatic rings. The lowest BCUT2D eigenvalue weighted by Gasteiger charge is -2.12. The summed E-state index contributed by atoms with van der Waals surface area (Å²) in [6, 6.07) is 0. The van der Waals surface area contributed by atoms with Crippen LogP contribution >= 0.6 is 0 Å². The van der Waals surface area contributed by atoms with E-state index >= 15 is 0 Å². The third kappa shape index (κ3) is 4.17.